The molecule has 0 aliphatic heterocycles. The molecule has 0 radical (unpaired) electrons. The summed E-state index contributed by atoms with van der Waals surface area (Å²) < 4.78 is 159. The molecule has 48 heteroatoms. The summed E-state index contributed by atoms with van der Waals surface area (Å²) in [7, 11) is 0. The summed E-state index contributed by atoms with van der Waals surface area (Å²) in [6, 6.07) is 67.8. The zero-order chi connectivity index (χ0) is 94.5. The maximum atomic E-state index is 12.8. The number of hydrogen-bond acceptors (Lipinski definition) is 21. The van der Waals surface area contributed by atoms with Crippen molar-refractivity contribution in [3.8, 4) is 126 Å². The molecule has 720 valence electrons. The number of rotatable bonds is 20. The van der Waals surface area contributed by atoms with Crippen molar-refractivity contribution in [2.24, 2.45) is 0 Å². The van der Waals surface area contributed by atoms with Gasteiger partial charge >= 0.3 is 130 Å². The van der Waals surface area contributed by atoms with Gasteiger partial charge in [-0.05, 0) is 161 Å². The molecule has 0 saturated heterocycles. The van der Waals surface area contributed by atoms with Gasteiger partial charge in [-0.2, -0.15) is 52.7 Å². The van der Waals surface area contributed by atoms with E-state index in [0.717, 1.165) is 92.6 Å². The van der Waals surface area contributed by atoms with Gasteiger partial charge < -0.3 is 107 Å². The Balaban J connectivity index is 0.000000167. The Morgan fingerprint density at radius 3 is 0.593 bits per heavy atom. The topological polar surface area (TPSA) is 408 Å². The van der Waals surface area contributed by atoms with Crippen molar-refractivity contribution in [2.45, 2.75) is 76.1 Å². The fourth-order valence-electron chi connectivity index (χ4n) is 13.0. The molecule has 20 aromatic rings. The number of halogens is 12. The second-order valence-electron chi connectivity index (χ2n) is 30.1. The molecule has 0 aliphatic rings. The van der Waals surface area contributed by atoms with Crippen LogP contribution in [0.4, 0.5) is 52.7 Å². The Morgan fingerprint density at radius 1 is 0.207 bits per heavy atom. The molecular weight excluding hydrogens is 2740 g/mol. The van der Waals surface area contributed by atoms with E-state index >= 15 is 0 Å². The van der Waals surface area contributed by atoms with E-state index in [1.165, 1.54) is 24.3 Å². The molecule has 20 aromatic heterocycles. The largest absolute Gasteiger partial charge is 2.00 e. The molecule has 0 atom stereocenters. The third kappa shape index (κ3) is 26.9. The van der Waals surface area contributed by atoms with Crippen LogP contribution in [0, 0.1) is 0 Å². The number of aromatic nitrogens is 30. The molecule has 0 spiro atoms. The van der Waals surface area contributed by atoms with Crippen molar-refractivity contribution in [1.29, 1.82) is 0 Å². The van der Waals surface area contributed by atoms with Gasteiger partial charge in [0.1, 0.15) is 22.8 Å². The maximum Gasteiger partial charge on any atom is 2.00 e. The summed E-state index contributed by atoms with van der Waals surface area (Å²) in [6.07, 6.45) is -7.73. The SMILES string of the molecule is CC(C)(c1cccc(-c2cc(C(F)(F)F)n[n-]2)n1)c1cccc(-c2cc(C(F)(F)F)n[n-]2)n1.CC(C)(c1cccc(-c2ccn[n-]2)n1)c1cccc(-c2ccn[n-]2)n1.FC(F)(F)c1cc(-c2cccc(Cc3cccc(-c4cc(C(F)(F)F)n[n-]4)n3)n2)[n-]n1.[Pt+2].[Pt+2].[Pt+2].[Pt+2].[Pt+2].c1cc(Cc2cccc(-c3ccn[n-]3)n2)nc(-c2ccn[n-]2)c1.c1cc(Oc2cccc(-c3ccn[n-]3)n2)nc(-c2ccn[n-]2)c1. The van der Waals surface area contributed by atoms with Crippen LogP contribution in [0.3, 0.4) is 0 Å². The molecule has 0 unspecified atom stereocenters. The molecule has 140 heavy (non-hydrogen) atoms. The van der Waals surface area contributed by atoms with Gasteiger partial charge in [-0.1, -0.05) is 154 Å². The fourth-order valence-corrected chi connectivity index (χ4v) is 13.0. The molecule has 0 amide bonds. The first kappa shape index (κ1) is 106. The summed E-state index contributed by atoms with van der Waals surface area (Å²) in [5, 5.41) is 74.0. The van der Waals surface area contributed by atoms with Gasteiger partial charge in [0.2, 0.25) is 11.8 Å². The van der Waals surface area contributed by atoms with Gasteiger partial charge in [0, 0.05) is 141 Å². The van der Waals surface area contributed by atoms with Gasteiger partial charge in [0.05, 0.1) is 34.2 Å². The van der Waals surface area contributed by atoms with Gasteiger partial charge in [-0.3, -0.25) is 39.9 Å². The molecule has 20 heterocycles. The summed E-state index contributed by atoms with van der Waals surface area (Å²) >= 11 is 0. The first-order chi connectivity index (χ1) is 64.9. The molecule has 0 fully saturated rings. The maximum absolute atomic E-state index is 12.8. The van der Waals surface area contributed by atoms with E-state index in [1.54, 1.807) is 124 Å². The predicted octanol–water partition coefficient (Wildman–Crippen LogP) is 16.3. The Labute approximate surface area is 857 Å². The second-order valence-corrected chi connectivity index (χ2v) is 30.1. The zero-order valence-electron chi connectivity index (χ0n) is 71.9. The van der Waals surface area contributed by atoms with Crippen molar-refractivity contribution in [2.75, 3.05) is 0 Å². The summed E-state index contributed by atoms with van der Waals surface area (Å²) in [5.41, 5.74) is 9.70. The van der Waals surface area contributed by atoms with E-state index in [1.807, 2.05) is 121 Å². The van der Waals surface area contributed by atoms with Crippen LogP contribution in [0.5, 0.6) is 11.8 Å². The molecule has 0 bridgehead atoms. The molecule has 0 saturated carbocycles. The predicted molar refractivity (Wildman–Crippen MR) is 458 cm³/mol. The van der Waals surface area contributed by atoms with E-state index in [9.17, 15) is 52.7 Å². The van der Waals surface area contributed by atoms with Crippen LogP contribution in [0.15, 0.2) is 280 Å². The van der Waals surface area contributed by atoms with Gasteiger partial charge in [-0.15, -0.1) is 0 Å². The number of ether oxygens (including phenoxy) is 1. The minimum atomic E-state index is -4.62. The van der Waals surface area contributed by atoms with E-state index in [2.05, 4.69) is 156 Å². The van der Waals surface area contributed by atoms with E-state index in [4.69, 9.17) is 14.7 Å². The van der Waals surface area contributed by atoms with E-state index < -0.39 is 52.9 Å². The van der Waals surface area contributed by atoms with Crippen LogP contribution in [-0.4, -0.2) is 101 Å². The molecule has 31 nitrogen and oxygen atoms in total. The molecule has 0 aromatic carbocycles. The summed E-state index contributed by atoms with van der Waals surface area (Å²) in [5.74, 6) is 0.868. The third-order valence-corrected chi connectivity index (χ3v) is 19.9. The quantitative estimate of drug-likeness (QED) is 0.0639. The summed E-state index contributed by atoms with van der Waals surface area (Å²) in [4.78, 5) is 45.1. The van der Waals surface area contributed by atoms with Crippen LogP contribution >= 0.6 is 0 Å². The van der Waals surface area contributed by atoms with Crippen molar-refractivity contribution in [1.82, 2.24) is 152 Å². The molecule has 0 aliphatic carbocycles. The molecule has 20 rings (SSSR count). The number of pyridine rings is 10. The van der Waals surface area contributed by atoms with Gasteiger partial charge in [0.15, 0.2) is 0 Å². The second kappa shape index (κ2) is 46.6. The van der Waals surface area contributed by atoms with Gasteiger partial charge in [-0.25, -0.2) is 9.97 Å². The van der Waals surface area contributed by atoms with E-state index in [0.29, 0.717) is 63.7 Å². The monoisotopic (exact) mass is 2810 g/mol. The normalized spacial score (nSPS) is 11.3. The minimum Gasteiger partial charge on any atom is -0.574 e. The average Bonchev–Trinajstić information content (AvgIpc) is 1.24. The van der Waals surface area contributed by atoms with Crippen molar-refractivity contribution < 1.29 is 163 Å². The Morgan fingerprint density at radius 2 is 0.393 bits per heavy atom. The summed E-state index contributed by atoms with van der Waals surface area (Å²) in [6.45, 7) is 7.78. The smallest absolute Gasteiger partial charge is 0.574 e. The minimum absolute atomic E-state index is 0. The van der Waals surface area contributed by atoms with Crippen molar-refractivity contribution in [3.63, 3.8) is 0 Å². The van der Waals surface area contributed by atoms with Crippen LogP contribution < -0.4 is 55.7 Å². The van der Waals surface area contributed by atoms with Crippen LogP contribution in [0.25, 0.3) is 114 Å². The van der Waals surface area contributed by atoms with Crippen LogP contribution in [0.1, 0.15) is 96.0 Å². The fraction of sp³-hybridized carbons (Fsp3) is 0.130. The Hall–Kier alpha value is -14.0. The number of hydrogen-bond donors (Lipinski definition) is 0. The van der Waals surface area contributed by atoms with E-state index in [-0.39, 0.29) is 163 Å². The number of nitrogens with zero attached hydrogens (tertiary/aromatic N) is 30. The van der Waals surface area contributed by atoms with Gasteiger partial charge in [0.25, 0.3) is 0 Å². The first-order valence-corrected chi connectivity index (χ1v) is 40.2. The van der Waals surface area contributed by atoms with Crippen molar-refractivity contribution >= 4 is 0 Å². The molecule has 0 N–H and O–H groups in total. The number of alkyl halides is 12. The third-order valence-electron chi connectivity index (χ3n) is 19.9. The van der Waals surface area contributed by atoms with Crippen LogP contribution in [0.2, 0.25) is 0 Å². The van der Waals surface area contributed by atoms with Crippen LogP contribution in [-0.2, 0) is 154 Å². The van der Waals surface area contributed by atoms with Crippen molar-refractivity contribution in [3.05, 3.63) is 348 Å². The Kier molecular flexibility index (Phi) is 35.5. The standard InChI is InChI=1S/C21H14F6N6.C19H10F6N6.C19H16N6.C17H12N6.C16H10N6O.5Pt/c1-19(2,15-7-3-5-11(28-15)13-9-17(32-30-13)20(22,23)24)16-8-4-6-12(29-16)14-10-18(33-31-14)21(25,26)27;20-18(21,22)16-8-14(28-30-16)12-5-1-3-10(26-12)7-11-4-2-6-13(27-11)15-9-17(31-29-15)19(23,24)25;1-19(2,17-7-3-5-13(22-17)15-9-11-20-24-15)18-8-4-6-14(23-18)16-10-12-21-25-16;1-3-12(20-14(5-1)16-7-9-18-22-16)11-13-4-2-6-15(21-13)17-8-10-19-23-17;1-3-11(13-7-9-17-21-13)19-15(5-1)23-16-6-2-4-12(20-16)14-8-10-18-22-14;;;;;/h3-10H,1-2H3;1-6,8-9H,7H2;3-12H,1-2H3;1-10H,11H2;1-10H;;;;;/q5*-2;5*+2. The zero-order valence-corrected chi connectivity index (χ0v) is 83.3. The Bertz CT molecular complexity index is 6720. The average molecular weight is 2810 g/mol. The molecular formula is C92H62F12N30OPt5. The first-order valence-electron chi connectivity index (χ1n) is 40.2.